The molecule has 0 atom stereocenters. The lowest BCUT2D eigenvalue weighted by molar-refractivity contribution is -0.384. The van der Waals surface area contributed by atoms with Gasteiger partial charge < -0.3 is 5.21 Å². The second kappa shape index (κ2) is 11.9. The van der Waals surface area contributed by atoms with E-state index in [1.54, 1.807) is 12.1 Å². The molecular weight excluding hydrogens is 338 g/mol. The topological polar surface area (TPSA) is 141 Å². The maximum absolute atomic E-state index is 12.1. The minimum Gasteiger partial charge on any atom is -0.410 e. The zero-order chi connectivity index (χ0) is 20.1. The molecule has 1 aromatic carbocycles. The molecule has 1 aromatic rings. The highest BCUT2D eigenvalue weighted by molar-refractivity contribution is 6.71. The van der Waals surface area contributed by atoms with E-state index >= 15 is 0 Å². The van der Waals surface area contributed by atoms with Gasteiger partial charge >= 0.3 is 0 Å². The van der Waals surface area contributed by atoms with E-state index in [1.807, 2.05) is 27.7 Å². The summed E-state index contributed by atoms with van der Waals surface area (Å²) in [5.41, 5.74) is 1.56. The number of hydrogen-bond acceptors (Lipinski definition) is 8. The summed E-state index contributed by atoms with van der Waals surface area (Å²) in [7, 11) is 0. The van der Waals surface area contributed by atoms with E-state index in [2.05, 4.69) is 15.7 Å². The summed E-state index contributed by atoms with van der Waals surface area (Å²) in [4.78, 5) is 22.2. The fourth-order valence-electron chi connectivity index (χ4n) is 1.50. The number of nitrogens with zero attached hydrogens (tertiary/aromatic N) is 4. The average Bonchev–Trinajstić information content (AvgIpc) is 2.64. The average molecular weight is 359 g/mol. The first-order chi connectivity index (χ1) is 12.4. The summed E-state index contributed by atoms with van der Waals surface area (Å²) >= 11 is 0. The second-order valence-electron chi connectivity index (χ2n) is 4.91. The van der Waals surface area contributed by atoms with E-state index in [-0.39, 0.29) is 23.0 Å². The Morgan fingerprint density at radius 3 is 2.58 bits per heavy atom. The first kappa shape index (κ1) is 22.5. The van der Waals surface area contributed by atoms with Gasteiger partial charge in [-0.2, -0.15) is 10.4 Å². The van der Waals surface area contributed by atoms with Crippen molar-refractivity contribution < 1.29 is 14.9 Å². The fourth-order valence-corrected chi connectivity index (χ4v) is 1.50. The van der Waals surface area contributed by atoms with E-state index in [0.717, 1.165) is 0 Å². The van der Waals surface area contributed by atoms with Crippen molar-refractivity contribution >= 4 is 28.6 Å². The summed E-state index contributed by atoms with van der Waals surface area (Å²) in [5.74, 6) is -0.769. The van der Waals surface area contributed by atoms with Crippen molar-refractivity contribution in [2.75, 3.05) is 5.43 Å². The van der Waals surface area contributed by atoms with Crippen molar-refractivity contribution in [3.05, 3.63) is 46.5 Å². The van der Waals surface area contributed by atoms with Crippen LogP contribution < -0.4 is 5.43 Å². The molecule has 0 radical (unpaired) electrons. The van der Waals surface area contributed by atoms with Gasteiger partial charge in [0, 0.05) is 12.1 Å². The van der Waals surface area contributed by atoms with Crippen LogP contribution in [0.1, 0.15) is 27.7 Å². The Morgan fingerprint density at radius 1 is 1.42 bits per heavy atom. The molecular formula is C17H21N5O4. The molecule has 9 heteroatoms. The maximum atomic E-state index is 12.1. The first-order valence-corrected chi connectivity index (χ1v) is 7.82. The Labute approximate surface area is 151 Å². The third-order valence-electron chi connectivity index (χ3n) is 2.65. The van der Waals surface area contributed by atoms with Crippen LogP contribution in [0.3, 0.4) is 0 Å². The normalized spacial score (nSPS) is 11.5. The minimum atomic E-state index is -0.880. The first-order valence-electron chi connectivity index (χ1n) is 7.82. The molecule has 1 rings (SSSR count). The highest BCUT2D eigenvalue weighted by Gasteiger charge is 2.17. The number of hydrazone groups is 1. The van der Waals surface area contributed by atoms with Gasteiger partial charge in [-0.3, -0.25) is 20.3 Å². The third-order valence-corrected chi connectivity index (χ3v) is 2.65. The predicted molar refractivity (Wildman–Crippen MR) is 99.3 cm³/mol. The molecule has 0 unspecified atom stereocenters. The van der Waals surface area contributed by atoms with Crippen LogP contribution >= 0.6 is 0 Å². The van der Waals surface area contributed by atoms with Crippen molar-refractivity contribution in [1.82, 2.24) is 0 Å². The summed E-state index contributed by atoms with van der Waals surface area (Å²) in [6.45, 7) is 7.72. The Kier molecular flexibility index (Phi) is 10.3. The molecule has 0 aliphatic heterocycles. The van der Waals surface area contributed by atoms with Gasteiger partial charge in [0.2, 0.25) is 11.5 Å². The van der Waals surface area contributed by atoms with Crippen molar-refractivity contribution in [3.8, 4) is 6.07 Å². The van der Waals surface area contributed by atoms with E-state index in [1.165, 1.54) is 30.3 Å². The van der Waals surface area contributed by atoms with Crippen LogP contribution in [0.4, 0.5) is 11.4 Å². The number of rotatable bonds is 7. The molecule has 0 bridgehead atoms. The number of non-ortho nitro benzene ring substituents is 1. The van der Waals surface area contributed by atoms with Crippen LogP contribution in [0.15, 0.2) is 46.7 Å². The van der Waals surface area contributed by atoms with Gasteiger partial charge in [-0.1, -0.05) is 45.0 Å². The zero-order valence-electron chi connectivity index (χ0n) is 15.0. The Balaban J connectivity index is 0.00000301. The SMILES string of the molecule is CC.CC(C)/C=C/C(=N\O)C(=O)/C(C#N)=N/Nc1cccc([N+](=O)[O-])c1. The van der Waals surface area contributed by atoms with Gasteiger partial charge in [0.1, 0.15) is 6.07 Å². The number of oxime groups is 1. The lowest BCUT2D eigenvalue weighted by atomic mass is 10.1. The van der Waals surface area contributed by atoms with Gasteiger partial charge in [-0.15, -0.1) is 0 Å². The number of nitrogens with one attached hydrogen (secondary N) is 1. The molecule has 0 fully saturated rings. The van der Waals surface area contributed by atoms with Gasteiger partial charge in [0.25, 0.3) is 5.69 Å². The van der Waals surface area contributed by atoms with Gasteiger partial charge in [0.15, 0.2) is 5.71 Å². The van der Waals surface area contributed by atoms with Crippen molar-refractivity contribution in [3.63, 3.8) is 0 Å². The number of nitriles is 1. The van der Waals surface area contributed by atoms with Gasteiger partial charge in [-0.25, -0.2) is 0 Å². The van der Waals surface area contributed by atoms with Crippen LogP contribution in [0, 0.1) is 27.4 Å². The second-order valence-corrected chi connectivity index (χ2v) is 4.91. The van der Waals surface area contributed by atoms with Crippen LogP contribution in [-0.4, -0.2) is 27.3 Å². The lowest BCUT2D eigenvalue weighted by Crippen LogP contribution is -2.22. The van der Waals surface area contributed by atoms with Gasteiger partial charge in [-0.05, 0) is 18.1 Å². The van der Waals surface area contributed by atoms with Crippen molar-refractivity contribution in [1.29, 1.82) is 5.26 Å². The van der Waals surface area contributed by atoms with E-state index in [0.29, 0.717) is 0 Å². The predicted octanol–water partition coefficient (Wildman–Crippen LogP) is 3.52. The molecule has 9 nitrogen and oxygen atoms in total. The van der Waals surface area contributed by atoms with Crippen LogP contribution in [0.25, 0.3) is 0 Å². The molecule has 0 aromatic heterocycles. The molecule has 0 saturated heterocycles. The molecule has 0 amide bonds. The van der Waals surface area contributed by atoms with Crippen molar-refractivity contribution in [2.24, 2.45) is 16.2 Å². The number of benzene rings is 1. The Morgan fingerprint density at radius 2 is 2.08 bits per heavy atom. The number of carbonyl (C=O) groups is 1. The smallest absolute Gasteiger partial charge is 0.271 e. The van der Waals surface area contributed by atoms with Crippen LogP contribution in [0.5, 0.6) is 0 Å². The number of allylic oxidation sites excluding steroid dienone is 2. The fraction of sp³-hybridized carbons (Fsp3) is 0.294. The number of anilines is 1. The number of Topliss-reactive ketones (excluding diaryl/α,β-unsaturated/α-hetero) is 1. The molecule has 2 N–H and O–H groups in total. The number of nitro groups is 1. The summed E-state index contributed by atoms with van der Waals surface area (Å²) in [6.07, 6.45) is 2.91. The minimum absolute atomic E-state index is 0.111. The highest BCUT2D eigenvalue weighted by atomic mass is 16.6. The standard InChI is InChI=1S/C15H15N5O4.C2H6/c1-10(2)6-7-13(19-22)15(21)14(9-16)18-17-11-4-3-5-12(8-11)20(23)24;1-2/h3-8,10,17,22H,1-2H3;1-2H3/b7-6+,18-14+,19-13+;. The molecule has 0 aliphatic rings. The van der Waals surface area contributed by atoms with E-state index < -0.39 is 16.4 Å². The van der Waals surface area contributed by atoms with Crippen LogP contribution in [-0.2, 0) is 4.79 Å². The molecule has 0 spiro atoms. The Hall–Kier alpha value is -3.54. The molecule has 0 aliphatic carbocycles. The monoisotopic (exact) mass is 359 g/mol. The summed E-state index contributed by atoms with van der Waals surface area (Å²) in [5, 5.41) is 35.1. The number of hydrogen-bond donors (Lipinski definition) is 2. The quantitative estimate of drug-likeness (QED) is 0.330. The van der Waals surface area contributed by atoms with Gasteiger partial charge in [0.05, 0.1) is 10.6 Å². The Bertz CT molecular complexity index is 761. The molecule has 0 saturated carbocycles. The number of ketones is 1. The summed E-state index contributed by atoms with van der Waals surface area (Å²) < 4.78 is 0. The van der Waals surface area contributed by atoms with E-state index in [9.17, 15) is 14.9 Å². The lowest BCUT2D eigenvalue weighted by Gasteiger charge is -2.01. The largest absolute Gasteiger partial charge is 0.410 e. The zero-order valence-corrected chi connectivity index (χ0v) is 15.0. The molecule has 26 heavy (non-hydrogen) atoms. The highest BCUT2D eigenvalue weighted by Crippen LogP contribution is 2.16. The third kappa shape index (κ3) is 7.35. The van der Waals surface area contributed by atoms with Crippen molar-refractivity contribution in [2.45, 2.75) is 27.7 Å². The number of carbonyl (C=O) groups excluding carboxylic acids is 1. The maximum Gasteiger partial charge on any atom is 0.271 e. The molecule has 138 valence electrons. The number of nitro benzene ring substituents is 1. The molecule has 0 heterocycles. The van der Waals surface area contributed by atoms with Crippen LogP contribution in [0.2, 0.25) is 0 Å². The van der Waals surface area contributed by atoms with E-state index in [4.69, 9.17) is 10.5 Å². The summed E-state index contributed by atoms with van der Waals surface area (Å²) in [6, 6.07) is 6.99.